The van der Waals surface area contributed by atoms with Crippen LogP contribution in [0, 0.1) is 12.8 Å². The lowest BCUT2D eigenvalue weighted by Crippen LogP contribution is -2.55. The molecule has 0 aromatic heterocycles. The molecule has 4 amide bonds. The number of hydrogen-bond acceptors (Lipinski definition) is 5. The summed E-state index contributed by atoms with van der Waals surface area (Å²) >= 11 is 5.77. The SMILES string of the molecule is Cc1ccc2cc1CNC(=O)[C@H](CCc1ccccc1)NC(=O)[C@@H](NC(=O)CCCCl)CC(=O)N1CCCC(CCO2)C1. The smallest absolute Gasteiger partial charge is 0.243 e. The number of carbonyl (C=O) groups excluding carboxylic acids is 4. The van der Waals surface area contributed by atoms with Crippen LogP contribution in [0.25, 0.3) is 0 Å². The van der Waals surface area contributed by atoms with E-state index in [4.69, 9.17) is 16.3 Å². The Morgan fingerprint density at radius 3 is 2.70 bits per heavy atom. The number of ether oxygens (including phenoxy) is 1. The first kappa shape index (κ1) is 32.3. The summed E-state index contributed by atoms with van der Waals surface area (Å²) in [6, 6.07) is 13.6. The van der Waals surface area contributed by atoms with E-state index in [1.165, 1.54) is 0 Å². The Kier molecular flexibility index (Phi) is 12.3. The van der Waals surface area contributed by atoms with Crippen molar-refractivity contribution in [3.63, 3.8) is 0 Å². The molecule has 10 heteroatoms. The summed E-state index contributed by atoms with van der Waals surface area (Å²) in [5.74, 6) is -0.111. The Hall–Kier alpha value is -3.59. The fourth-order valence-electron chi connectivity index (χ4n) is 5.61. The molecule has 1 unspecified atom stereocenters. The highest BCUT2D eigenvalue weighted by atomic mass is 35.5. The standard InChI is InChI=1S/C33H43ClN4O5/c1-23-11-13-27-19-26(23)21-35-32(41)28(14-12-24-7-3-2-4-8-24)37-33(42)29(36-30(39)10-5-16-34)20-31(40)38-17-6-9-25(22-38)15-18-43-27/h2-4,7-8,11,13,19,25,28-29H,5-6,9-10,12,14-18,20-22H2,1H3,(H,35,41)(H,36,39)(H,37,42)/t25?,28-,29-/m0/s1. The van der Waals surface area contributed by atoms with Crippen molar-refractivity contribution in [1.82, 2.24) is 20.9 Å². The van der Waals surface area contributed by atoms with Crippen molar-refractivity contribution in [2.75, 3.05) is 25.6 Å². The Labute approximate surface area is 259 Å². The van der Waals surface area contributed by atoms with Crippen LogP contribution in [0.3, 0.4) is 0 Å². The second-order valence-corrected chi connectivity index (χ2v) is 11.9. The van der Waals surface area contributed by atoms with Gasteiger partial charge in [-0.1, -0.05) is 36.4 Å². The zero-order valence-electron chi connectivity index (χ0n) is 24.9. The molecule has 4 bridgehead atoms. The number of nitrogens with zero attached hydrogens (tertiary/aromatic N) is 1. The quantitative estimate of drug-likeness (QED) is 0.414. The van der Waals surface area contributed by atoms with Gasteiger partial charge in [-0.05, 0) is 80.2 Å². The van der Waals surface area contributed by atoms with Crippen LogP contribution in [-0.4, -0.2) is 66.2 Å². The topological polar surface area (TPSA) is 117 Å². The molecule has 2 aliphatic rings. The van der Waals surface area contributed by atoms with E-state index in [1.807, 2.05) is 55.5 Å². The van der Waals surface area contributed by atoms with Gasteiger partial charge in [0.2, 0.25) is 23.6 Å². The second kappa shape index (κ2) is 16.3. The van der Waals surface area contributed by atoms with Crippen molar-refractivity contribution in [1.29, 1.82) is 0 Å². The van der Waals surface area contributed by atoms with Crippen LogP contribution >= 0.6 is 11.6 Å². The Morgan fingerprint density at radius 2 is 1.91 bits per heavy atom. The molecule has 2 aromatic carbocycles. The van der Waals surface area contributed by atoms with Gasteiger partial charge in [0, 0.05) is 31.9 Å². The number of rotatable bonds is 7. The van der Waals surface area contributed by atoms with E-state index in [1.54, 1.807) is 4.90 Å². The van der Waals surface area contributed by atoms with E-state index in [0.717, 1.165) is 41.7 Å². The number of amides is 4. The largest absolute Gasteiger partial charge is 0.494 e. The number of hydrogen-bond donors (Lipinski definition) is 3. The zero-order chi connectivity index (χ0) is 30.6. The number of benzene rings is 2. The van der Waals surface area contributed by atoms with Gasteiger partial charge in [-0.25, -0.2) is 0 Å². The van der Waals surface area contributed by atoms with Crippen LogP contribution in [0.1, 0.15) is 61.6 Å². The first-order valence-electron chi connectivity index (χ1n) is 15.3. The molecule has 43 heavy (non-hydrogen) atoms. The van der Waals surface area contributed by atoms with Crippen LogP contribution in [-0.2, 0) is 32.1 Å². The maximum Gasteiger partial charge on any atom is 0.243 e. The minimum Gasteiger partial charge on any atom is -0.494 e. The summed E-state index contributed by atoms with van der Waals surface area (Å²) in [7, 11) is 0. The van der Waals surface area contributed by atoms with Gasteiger partial charge in [0.1, 0.15) is 17.8 Å². The van der Waals surface area contributed by atoms with Crippen molar-refractivity contribution >= 4 is 35.2 Å². The molecule has 232 valence electrons. The number of carbonyl (C=O) groups is 4. The van der Waals surface area contributed by atoms with Gasteiger partial charge in [-0.3, -0.25) is 19.2 Å². The van der Waals surface area contributed by atoms with Crippen LogP contribution < -0.4 is 20.7 Å². The van der Waals surface area contributed by atoms with Gasteiger partial charge in [0.25, 0.3) is 0 Å². The van der Waals surface area contributed by atoms with Gasteiger partial charge in [-0.2, -0.15) is 0 Å². The number of fused-ring (bicyclic) bond motifs is 4. The summed E-state index contributed by atoms with van der Waals surface area (Å²) in [5.41, 5.74) is 2.98. The highest BCUT2D eigenvalue weighted by Gasteiger charge is 2.31. The van der Waals surface area contributed by atoms with E-state index in [0.29, 0.717) is 44.8 Å². The Balaban J connectivity index is 1.59. The number of piperidine rings is 1. The van der Waals surface area contributed by atoms with Gasteiger partial charge >= 0.3 is 0 Å². The van der Waals surface area contributed by atoms with Crippen LogP contribution in [0.4, 0.5) is 0 Å². The molecule has 1 fully saturated rings. The monoisotopic (exact) mass is 610 g/mol. The number of halogens is 1. The van der Waals surface area contributed by atoms with Gasteiger partial charge in [-0.15, -0.1) is 11.6 Å². The van der Waals surface area contributed by atoms with Crippen molar-refractivity contribution in [3.8, 4) is 5.75 Å². The lowest BCUT2D eigenvalue weighted by Gasteiger charge is -2.34. The predicted octanol–water partition coefficient (Wildman–Crippen LogP) is 3.64. The second-order valence-electron chi connectivity index (χ2n) is 11.5. The average molecular weight is 611 g/mol. The zero-order valence-corrected chi connectivity index (χ0v) is 25.7. The van der Waals surface area contributed by atoms with Crippen molar-refractivity contribution < 1.29 is 23.9 Å². The molecule has 2 aromatic rings. The van der Waals surface area contributed by atoms with Crippen molar-refractivity contribution in [2.45, 2.75) is 76.9 Å². The summed E-state index contributed by atoms with van der Waals surface area (Å²) < 4.78 is 6.08. The number of nitrogens with one attached hydrogen (secondary N) is 3. The molecule has 0 saturated carbocycles. The van der Waals surface area contributed by atoms with E-state index < -0.39 is 18.0 Å². The average Bonchev–Trinajstić information content (AvgIpc) is 3.01. The Morgan fingerprint density at radius 1 is 1.09 bits per heavy atom. The van der Waals surface area contributed by atoms with Crippen LogP contribution in [0.2, 0.25) is 0 Å². The van der Waals surface area contributed by atoms with Crippen LogP contribution in [0.15, 0.2) is 48.5 Å². The molecule has 3 atom stereocenters. The first-order valence-corrected chi connectivity index (χ1v) is 15.8. The van der Waals surface area contributed by atoms with E-state index >= 15 is 0 Å². The molecular weight excluding hydrogens is 568 g/mol. The first-order chi connectivity index (χ1) is 20.8. The van der Waals surface area contributed by atoms with Crippen molar-refractivity contribution in [2.24, 2.45) is 5.92 Å². The summed E-state index contributed by atoms with van der Waals surface area (Å²) in [4.78, 5) is 55.1. The van der Waals surface area contributed by atoms with Crippen LogP contribution in [0.5, 0.6) is 5.75 Å². The lowest BCUT2D eigenvalue weighted by atomic mass is 9.94. The highest BCUT2D eigenvalue weighted by Crippen LogP contribution is 2.23. The molecule has 3 N–H and O–H groups in total. The molecule has 2 heterocycles. The molecule has 1 saturated heterocycles. The Bertz CT molecular complexity index is 1260. The molecular formula is C33H43ClN4O5. The van der Waals surface area contributed by atoms with Gasteiger partial charge in [0.05, 0.1) is 13.0 Å². The van der Waals surface area contributed by atoms with Gasteiger partial charge in [0.15, 0.2) is 0 Å². The number of alkyl halides is 1. The molecule has 0 radical (unpaired) electrons. The molecule has 2 aliphatic heterocycles. The van der Waals surface area contributed by atoms with Crippen molar-refractivity contribution in [3.05, 3.63) is 65.2 Å². The fourth-order valence-corrected chi connectivity index (χ4v) is 5.74. The highest BCUT2D eigenvalue weighted by molar-refractivity contribution is 6.17. The van der Waals surface area contributed by atoms with E-state index in [-0.39, 0.29) is 43.0 Å². The normalized spacial score (nSPS) is 22.0. The molecule has 0 aliphatic carbocycles. The molecule has 0 spiro atoms. The van der Waals surface area contributed by atoms with Gasteiger partial charge < -0.3 is 25.6 Å². The maximum absolute atomic E-state index is 13.7. The summed E-state index contributed by atoms with van der Waals surface area (Å²) in [5, 5.41) is 8.58. The minimum absolute atomic E-state index is 0.142. The summed E-state index contributed by atoms with van der Waals surface area (Å²) in [6.07, 6.45) is 3.98. The third-order valence-electron chi connectivity index (χ3n) is 8.21. The fraction of sp³-hybridized carbons (Fsp3) is 0.515. The minimum atomic E-state index is -1.11. The third kappa shape index (κ3) is 9.99. The van der Waals surface area contributed by atoms with E-state index in [2.05, 4.69) is 16.0 Å². The number of aryl methyl sites for hydroxylation is 2. The molecule has 4 rings (SSSR count). The molecule has 9 nitrogen and oxygen atoms in total. The summed E-state index contributed by atoms with van der Waals surface area (Å²) in [6.45, 7) is 3.96. The maximum atomic E-state index is 13.7. The predicted molar refractivity (Wildman–Crippen MR) is 166 cm³/mol. The third-order valence-corrected chi connectivity index (χ3v) is 8.47. The lowest BCUT2D eigenvalue weighted by molar-refractivity contribution is -0.138. The van der Waals surface area contributed by atoms with E-state index in [9.17, 15) is 19.2 Å².